The number of carbonyl (C=O) groups excluding carboxylic acids is 1. The molecule has 0 bridgehead atoms. The van der Waals surface area contributed by atoms with Gasteiger partial charge in [0.15, 0.2) is 25.2 Å². The van der Waals surface area contributed by atoms with Gasteiger partial charge in [0.25, 0.3) is 0 Å². The zero-order chi connectivity index (χ0) is 62.0. The SMILES string of the molecule is C[C@@H]1O[C@@H](O[C@H]2[C@H](O)[C@@H](O)[C@H](OC[C@H]3O[C@@H](OC(=O)[C@]45CCC(C)(C)C[C@H]4C4=CC[C@@H]6[C@@]7(C)CC[C@H](O[C@@H]8OC[C@H](O)[C@H](O)[C@H]8O[C@@H]8O[C@H](CO)[C@@H](O)[C@H](O)[C@H]8O)C(C)(C)[C@@H]7CC[C@@]6(C)[C@]4(C)CC5)[C@H](O)[C@@H](O)[C@@H]3O)O[C@@H]2CO)[C@H](O)[C@H](O)[C@H]1O. The van der Waals surface area contributed by atoms with Crippen molar-refractivity contribution < 1.29 is 129 Å². The third-order valence-corrected chi connectivity index (χ3v) is 23.1. The molecule has 9 fully saturated rings. The van der Waals surface area contributed by atoms with Gasteiger partial charge in [-0.15, -0.1) is 0 Å². The maximum absolute atomic E-state index is 15.2. The molecular formula is C59H96O26. The highest BCUT2D eigenvalue weighted by molar-refractivity contribution is 5.79. The number of rotatable bonds is 13. The van der Waals surface area contributed by atoms with Crippen molar-refractivity contribution in [3.05, 3.63) is 11.6 Å². The molecule has 0 aromatic rings. The molecule has 0 unspecified atom stereocenters. The van der Waals surface area contributed by atoms with Crippen LogP contribution in [0.5, 0.6) is 0 Å². The van der Waals surface area contributed by atoms with Gasteiger partial charge in [-0.1, -0.05) is 60.1 Å². The molecule has 0 spiro atoms. The first-order valence-electron chi connectivity index (χ1n) is 30.6. The van der Waals surface area contributed by atoms with Crippen molar-refractivity contribution in [1.82, 2.24) is 0 Å². The first kappa shape index (κ1) is 66.2. The predicted octanol–water partition coefficient (Wildman–Crippen LogP) is -2.54. The molecular weight excluding hydrogens is 1120 g/mol. The van der Waals surface area contributed by atoms with Crippen molar-refractivity contribution >= 4 is 5.97 Å². The van der Waals surface area contributed by atoms with E-state index in [0.717, 1.165) is 25.7 Å². The third kappa shape index (κ3) is 11.2. The Kier molecular flexibility index (Phi) is 19.0. The van der Waals surface area contributed by atoms with Crippen molar-refractivity contribution in [2.45, 2.75) is 273 Å². The Morgan fingerprint density at radius 3 is 1.80 bits per heavy atom. The van der Waals surface area contributed by atoms with Crippen LogP contribution in [0.4, 0.5) is 0 Å². The maximum Gasteiger partial charge on any atom is 0.315 e. The van der Waals surface area contributed by atoms with E-state index in [-0.39, 0.29) is 46.0 Å². The van der Waals surface area contributed by atoms with Gasteiger partial charge in [-0.3, -0.25) is 4.79 Å². The number of hydrogen-bond acceptors (Lipinski definition) is 26. The Morgan fingerprint density at radius 2 is 1.13 bits per heavy atom. The molecule has 0 aromatic heterocycles. The summed E-state index contributed by atoms with van der Waals surface area (Å²) in [5.74, 6) is -0.520. The molecule has 10 aliphatic rings. The number of allylic oxidation sites excluding steroid dienone is 2. The van der Waals surface area contributed by atoms with Crippen LogP contribution in [0, 0.1) is 50.2 Å². The van der Waals surface area contributed by atoms with Crippen molar-refractivity contribution in [1.29, 1.82) is 0 Å². The van der Waals surface area contributed by atoms with Crippen LogP contribution in [0.3, 0.4) is 0 Å². The summed E-state index contributed by atoms with van der Waals surface area (Å²) >= 11 is 0. The molecule has 5 aliphatic heterocycles. The van der Waals surface area contributed by atoms with E-state index in [0.29, 0.717) is 38.5 Å². The molecule has 85 heavy (non-hydrogen) atoms. The smallest absolute Gasteiger partial charge is 0.315 e. The van der Waals surface area contributed by atoms with Crippen LogP contribution in [0.1, 0.15) is 120 Å². The largest absolute Gasteiger partial charge is 0.432 e. The molecule has 0 radical (unpaired) electrons. The molecule has 488 valence electrons. The van der Waals surface area contributed by atoms with Gasteiger partial charge >= 0.3 is 5.97 Å². The Balaban J connectivity index is 0.824. The number of aliphatic hydroxyl groups excluding tert-OH is 15. The number of carbonyl (C=O) groups is 1. The van der Waals surface area contributed by atoms with Crippen molar-refractivity contribution in [3.63, 3.8) is 0 Å². The summed E-state index contributed by atoms with van der Waals surface area (Å²) in [5.41, 5.74) is -1.25. The Morgan fingerprint density at radius 1 is 0.553 bits per heavy atom. The molecule has 15 N–H and O–H groups in total. The highest BCUT2D eigenvalue weighted by Gasteiger charge is 2.70. The van der Waals surface area contributed by atoms with Gasteiger partial charge in [0.1, 0.15) is 110 Å². The maximum atomic E-state index is 15.2. The van der Waals surface area contributed by atoms with E-state index < -0.39 is 190 Å². The molecule has 0 aromatic carbocycles. The first-order valence-corrected chi connectivity index (χ1v) is 30.6. The molecule has 26 nitrogen and oxygen atoms in total. The van der Waals surface area contributed by atoms with Crippen LogP contribution in [-0.4, -0.2) is 263 Å². The van der Waals surface area contributed by atoms with E-state index in [1.165, 1.54) is 12.5 Å². The lowest BCUT2D eigenvalue weighted by Crippen LogP contribution is -2.66. The van der Waals surface area contributed by atoms with E-state index in [1.54, 1.807) is 0 Å². The van der Waals surface area contributed by atoms with Gasteiger partial charge in [0.05, 0.1) is 44.1 Å². The minimum atomic E-state index is -1.89. The standard InChI is InChI=1S/C59H96O26/c1-24-34(63)38(67)42(71)49(78-24)83-46-29(21-61)80-48(45(74)41(46)70)77-23-30-37(66)40(69)44(73)51(81-30)85-53(75)59-17-15-54(2,3)19-26(59)25-9-10-32-56(6)13-12-33(55(4,5)31(56)11-14-58(32,8)57(25,7)16-18-59)82-52-47(35(64)27(62)22-76-52)84-50-43(72)39(68)36(65)28(20-60)79-50/h9,24,26-52,60-74H,10-23H2,1-8H3/t24-,26-,27-,28+,29+,30+,31-,32+,33-,34-,35-,36+,37+,38+,39-,40-,41+,42+,43+,44+,45+,46+,47+,48+,49-,50-,51-,52-,56-,57+,58+,59-/m0/s1. The summed E-state index contributed by atoms with van der Waals surface area (Å²) in [5, 5.41) is 161. The van der Waals surface area contributed by atoms with Gasteiger partial charge in [-0.05, 0) is 116 Å². The monoisotopic (exact) mass is 1220 g/mol. The van der Waals surface area contributed by atoms with Crippen LogP contribution in [0.2, 0.25) is 0 Å². The number of esters is 1. The van der Waals surface area contributed by atoms with Crippen molar-refractivity contribution in [3.8, 4) is 0 Å². The predicted molar refractivity (Wildman–Crippen MR) is 288 cm³/mol. The van der Waals surface area contributed by atoms with E-state index in [9.17, 15) is 76.6 Å². The van der Waals surface area contributed by atoms with Crippen molar-refractivity contribution in [2.24, 2.45) is 50.2 Å². The van der Waals surface area contributed by atoms with E-state index in [1.807, 2.05) is 0 Å². The second-order valence-electron chi connectivity index (χ2n) is 28.7. The zero-order valence-electron chi connectivity index (χ0n) is 49.8. The normalized spacial score (nSPS) is 54.1. The lowest BCUT2D eigenvalue weighted by molar-refractivity contribution is -0.367. The van der Waals surface area contributed by atoms with E-state index >= 15 is 4.79 Å². The number of hydrogen-bond donors (Lipinski definition) is 15. The third-order valence-electron chi connectivity index (χ3n) is 23.1. The molecule has 4 saturated carbocycles. The summed E-state index contributed by atoms with van der Waals surface area (Å²) in [6, 6.07) is 0. The van der Waals surface area contributed by atoms with Gasteiger partial charge in [-0.2, -0.15) is 0 Å². The summed E-state index contributed by atoms with van der Waals surface area (Å²) in [7, 11) is 0. The number of fused-ring (bicyclic) bond motifs is 7. The topological polar surface area (TPSA) is 413 Å². The first-order chi connectivity index (χ1) is 39.8. The van der Waals surface area contributed by atoms with Crippen LogP contribution < -0.4 is 0 Å². The lowest BCUT2D eigenvalue weighted by Gasteiger charge is -2.71. The second kappa shape index (κ2) is 24.4. The zero-order valence-corrected chi connectivity index (χ0v) is 49.8. The molecule has 5 saturated heterocycles. The quantitative estimate of drug-likeness (QED) is 0.0513. The van der Waals surface area contributed by atoms with Crippen molar-refractivity contribution in [2.75, 3.05) is 26.4 Å². The van der Waals surface area contributed by atoms with Crippen LogP contribution in [0.25, 0.3) is 0 Å². The fraction of sp³-hybridized carbons (Fsp3) is 0.949. The Hall–Kier alpha value is -1.75. The molecule has 32 atom stereocenters. The average molecular weight is 1220 g/mol. The molecule has 10 rings (SSSR count). The molecule has 26 heteroatoms. The Bertz CT molecular complexity index is 2360. The number of ether oxygens (including phenoxy) is 10. The van der Waals surface area contributed by atoms with Gasteiger partial charge < -0.3 is 124 Å². The minimum absolute atomic E-state index is 0.141. The average Bonchev–Trinajstić information content (AvgIpc) is 0.699. The molecule has 0 amide bonds. The molecule has 5 aliphatic carbocycles. The number of aliphatic hydroxyl groups is 15. The summed E-state index contributed by atoms with van der Waals surface area (Å²) < 4.78 is 59.4. The van der Waals surface area contributed by atoms with Gasteiger partial charge in [0, 0.05) is 0 Å². The van der Waals surface area contributed by atoms with E-state index in [2.05, 4.69) is 54.5 Å². The fourth-order valence-corrected chi connectivity index (χ4v) is 17.6. The highest BCUT2D eigenvalue weighted by Crippen LogP contribution is 2.76. The Labute approximate surface area is 494 Å². The van der Waals surface area contributed by atoms with E-state index in [4.69, 9.17) is 47.4 Å². The second-order valence-corrected chi connectivity index (χ2v) is 28.7. The van der Waals surface area contributed by atoms with Gasteiger partial charge in [-0.25, -0.2) is 0 Å². The van der Waals surface area contributed by atoms with Crippen LogP contribution in [-0.2, 0) is 52.2 Å². The summed E-state index contributed by atoms with van der Waals surface area (Å²) in [6.07, 6.45) is -29.5. The van der Waals surface area contributed by atoms with Crippen LogP contribution in [0.15, 0.2) is 11.6 Å². The summed E-state index contributed by atoms with van der Waals surface area (Å²) in [4.78, 5) is 15.2. The van der Waals surface area contributed by atoms with Crippen LogP contribution >= 0.6 is 0 Å². The highest BCUT2D eigenvalue weighted by atomic mass is 16.8. The minimum Gasteiger partial charge on any atom is -0.432 e. The van der Waals surface area contributed by atoms with Gasteiger partial charge in [0.2, 0.25) is 6.29 Å². The molecule has 5 heterocycles. The summed E-state index contributed by atoms with van der Waals surface area (Å²) in [6.45, 7) is 15.0. The fourth-order valence-electron chi connectivity index (χ4n) is 17.6. The lowest BCUT2D eigenvalue weighted by atomic mass is 9.33.